The van der Waals surface area contributed by atoms with Crippen molar-refractivity contribution in [2.24, 2.45) is 0 Å². The second-order valence-corrected chi connectivity index (χ2v) is 4.75. The second kappa shape index (κ2) is 7.16. The van der Waals surface area contributed by atoms with E-state index in [1.54, 1.807) is 0 Å². The smallest absolute Gasteiger partial charge is 0.358 e. The summed E-state index contributed by atoms with van der Waals surface area (Å²) in [7, 11) is 0. The molecule has 1 aromatic heterocycles. The van der Waals surface area contributed by atoms with Gasteiger partial charge >= 0.3 is 5.97 Å². The highest BCUT2D eigenvalue weighted by Gasteiger charge is 2.15. The zero-order valence-electron chi connectivity index (χ0n) is 11.3. The maximum Gasteiger partial charge on any atom is 0.358 e. The SMILES string of the molecule is CCCCCN(Cc1cc(C(=O)O)no1)C(C)C. The Bertz CT molecular complexity index is 374. The van der Waals surface area contributed by atoms with Crippen molar-refractivity contribution in [3.63, 3.8) is 0 Å². The Labute approximate surface area is 108 Å². The minimum absolute atomic E-state index is 0.0257. The van der Waals surface area contributed by atoms with Gasteiger partial charge in [-0.3, -0.25) is 4.90 Å². The molecule has 0 unspecified atom stereocenters. The van der Waals surface area contributed by atoms with Gasteiger partial charge in [-0.1, -0.05) is 24.9 Å². The van der Waals surface area contributed by atoms with E-state index in [2.05, 4.69) is 30.8 Å². The Morgan fingerprint density at radius 2 is 2.22 bits per heavy atom. The second-order valence-electron chi connectivity index (χ2n) is 4.75. The van der Waals surface area contributed by atoms with Crippen LogP contribution in [0.5, 0.6) is 0 Å². The first-order valence-corrected chi connectivity index (χ1v) is 6.47. The van der Waals surface area contributed by atoms with Gasteiger partial charge in [0.05, 0.1) is 6.54 Å². The molecular formula is C13H22N2O3. The number of carbonyl (C=O) groups is 1. The lowest BCUT2D eigenvalue weighted by Crippen LogP contribution is -2.31. The largest absolute Gasteiger partial charge is 0.476 e. The van der Waals surface area contributed by atoms with E-state index >= 15 is 0 Å². The first kappa shape index (κ1) is 14.7. The molecule has 0 atom stereocenters. The Kier molecular flexibility index (Phi) is 5.85. The third-order valence-corrected chi connectivity index (χ3v) is 2.92. The Hall–Kier alpha value is -1.36. The van der Waals surface area contributed by atoms with Crippen LogP contribution in [-0.2, 0) is 6.54 Å². The first-order chi connectivity index (χ1) is 8.54. The van der Waals surface area contributed by atoms with Crippen molar-refractivity contribution in [3.05, 3.63) is 17.5 Å². The molecule has 0 amide bonds. The van der Waals surface area contributed by atoms with Crippen LogP contribution in [0.3, 0.4) is 0 Å². The highest BCUT2D eigenvalue weighted by molar-refractivity contribution is 5.85. The molecule has 0 saturated heterocycles. The van der Waals surface area contributed by atoms with Crippen LogP contribution in [0.25, 0.3) is 0 Å². The molecule has 1 N–H and O–H groups in total. The normalized spacial score (nSPS) is 11.4. The number of aromatic nitrogens is 1. The summed E-state index contributed by atoms with van der Waals surface area (Å²) < 4.78 is 5.04. The average Bonchev–Trinajstić information content (AvgIpc) is 2.76. The van der Waals surface area contributed by atoms with Crippen molar-refractivity contribution in [2.45, 2.75) is 52.6 Å². The van der Waals surface area contributed by atoms with Crippen molar-refractivity contribution in [1.29, 1.82) is 0 Å². The monoisotopic (exact) mass is 254 g/mol. The lowest BCUT2D eigenvalue weighted by molar-refractivity contribution is 0.0685. The molecule has 5 heteroatoms. The molecule has 102 valence electrons. The molecule has 0 aliphatic rings. The van der Waals surface area contributed by atoms with Gasteiger partial charge in [0.25, 0.3) is 0 Å². The van der Waals surface area contributed by atoms with Crippen molar-refractivity contribution in [2.75, 3.05) is 6.54 Å². The summed E-state index contributed by atoms with van der Waals surface area (Å²) in [4.78, 5) is 13.0. The van der Waals surface area contributed by atoms with E-state index < -0.39 is 5.97 Å². The van der Waals surface area contributed by atoms with Crippen LogP contribution in [0.1, 0.15) is 56.3 Å². The van der Waals surface area contributed by atoms with E-state index in [1.807, 2.05) is 0 Å². The van der Waals surface area contributed by atoms with Crippen molar-refractivity contribution < 1.29 is 14.4 Å². The number of nitrogens with zero attached hydrogens (tertiary/aromatic N) is 2. The number of hydrogen-bond acceptors (Lipinski definition) is 4. The quantitative estimate of drug-likeness (QED) is 0.722. The maximum absolute atomic E-state index is 10.7. The lowest BCUT2D eigenvalue weighted by atomic mass is 10.2. The summed E-state index contributed by atoms with van der Waals surface area (Å²) in [5.41, 5.74) is -0.0257. The highest BCUT2D eigenvalue weighted by atomic mass is 16.5. The number of carboxylic acid groups (broad SMARTS) is 1. The van der Waals surface area contributed by atoms with Gasteiger partial charge in [0.15, 0.2) is 11.5 Å². The molecule has 0 aliphatic heterocycles. The van der Waals surface area contributed by atoms with Crippen molar-refractivity contribution >= 4 is 5.97 Å². The Morgan fingerprint density at radius 3 is 2.72 bits per heavy atom. The fourth-order valence-corrected chi connectivity index (χ4v) is 1.77. The topological polar surface area (TPSA) is 66.6 Å². The highest BCUT2D eigenvalue weighted by Crippen LogP contribution is 2.11. The van der Waals surface area contributed by atoms with Crippen molar-refractivity contribution in [3.8, 4) is 0 Å². The molecule has 0 radical (unpaired) electrons. The standard InChI is InChI=1S/C13H22N2O3/c1-4-5-6-7-15(10(2)3)9-11-8-12(13(16)17)14-18-11/h8,10H,4-7,9H2,1-3H3,(H,16,17). The number of unbranched alkanes of at least 4 members (excludes halogenated alkanes) is 2. The van der Waals surface area contributed by atoms with E-state index in [-0.39, 0.29) is 5.69 Å². The summed E-state index contributed by atoms with van der Waals surface area (Å²) in [5, 5.41) is 12.3. The number of hydrogen-bond donors (Lipinski definition) is 1. The van der Waals surface area contributed by atoms with E-state index in [9.17, 15) is 4.79 Å². The third kappa shape index (κ3) is 4.49. The summed E-state index contributed by atoms with van der Waals surface area (Å²) in [6.07, 6.45) is 3.55. The Morgan fingerprint density at radius 1 is 1.50 bits per heavy atom. The predicted octanol–water partition coefficient (Wildman–Crippen LogP) is 2.77. The maximum atomic E-state index is 10.7. The molecule has 1 rings (SSSR count). The first-order valence-electron chi connectivity index (χ1n) is 6.47. The van der Waals surface area contributed by atoms with Crippen molar-refractivity contribution in [1.82, 2.24) is 10.1 Å². The van der Waals surface area contributed by atoms with Gasteiger partial charge in [0.1, 0.15) is 0 Å². The van der Waals surface area contributed by atoms with E-state index in [1.165, 1.54) is 18.9 Å². The van der Waals surface area contributed by atoms with Crippen LogP contribution in [-0.4, -0.2) is 33.7 Å². The molecule has 18 heavy (non-hydrogen) atoms. The number of aromatic carboxylic acids is 1. The number of rotatable bonds is 8. The molecule has 0 fully saturated rings. The molecule has 0 spiro atoms. The van der Waals surface area contributed by atoms with E-state index in [0.717, 1.165) is 13.0 Å². The van der Waals surface area contributed by atoms with Gasteiger partial charge in [-0.2, -0.15) is 0 Å². The van der Waals surface area contributed by atoms with Gasteiger partial charge in [0, 0.05) is 12.1 Å². The van der Waals surface area contributed by atoms with Gasteiger partial charge in [-0.15, -0.1) is 0 Å². The van der Waals surface area contributed by atoms with Crippen LogP contribution < -0.4 is 0 Å². The van der Waals surface area contributed by atoms with Crippen LogP contribution in [0, 0.1) is 0 Å². The van der Waals surface area contributed by atoms with Gasteiger partial charge in [-0.25, -0.2) is 4.79 Å². The summed E-state index contributed by atoms with van der Waals surface area (Å²) in [6.45, 7) is 8.03. The molecule has 1 heterocycles. The van der Waals surface area contributed by atoms with Gasteiger partial charge in [0.2, 0.25) is 0 Å². The molecule has 0 aliphatic carbocycles. The lowest BCUT2D eigenvalue weighted by Gasteiger charge is -2.24. The fourth-order valence-electron chi connectivity index (χ4n) is 1.77. The summed E-state index contributed by atoms with van der Waals surface area (Å²) in [6, 6.07) is 1.90. The molecule has 1 aromatic rings. The minimum Gasteiger partial charge on any atom is -0.476 e. The van der Waals surface area contributed by atoms with E-state index in [0.29, 0.717) is 18.3 Å². The zero-order chi connectivity index (χ0) is 13.5. The summed E-state index contributed by atoms with van der Waals surface area (Å²) >= 11 is 0. The van der Waals surface area contributed by atoms with Crippen LogP contribution in [0.15, 0.2) is 10.6 Å². The third-order valence-electron chi connectivity index (χ3n) is 2.92. The van der Waals surface area contributed by atoms with Gasteiger partial charge in [-0.05, 0) is 26.8 Å². The molecular weight excluding hydrogens is 232 g/mol. The Balaban J connectivity index is 2.56. The minimum atomic E-state index is -1.05. The predicted molar refractivity (Wildman–Crippen MR) is 68.5 cm³/mol. The summed E-state index contributed by atoms with van der Waals surface area (Å²) in [5.74, 6) is -0.440. The van der Waals surface area contributed by atoms with Crippen LogP contribution >= 0.6 is 0 Å². The van der Waals surface area contributed by atoms with Crippen LogP contribution in [0.2, 0.25) is 0 Å². The zero-order valence-corrected chi connectivity index (χ0v) is 11.3. The molecule has 0 saturated carbocycles. The molecule has 0 aromatic carbocycles. The van der Waals surface area contributed by atoms with E-state index in [4.69, 9.17) is 9.63 Å². The molecule has 0 bridgehead atoms. The average molecular weight is 254 g/mol. The fraction of sp³-hybridized carbons (Fsp3) is 0.692. The van der Waals surface area contributed by atoms with Gasteiger partial charge < -0.3 is 9.63 Å². The van der Waals surface area contributed by atoms with Crippen LogP contribution in [0.4, 0.5) is 0 Å². The number of carboxylic acids is 1. The molecule has 5 nitrogen and oxygen atoms in total.